The Morgan fingerprint density at radius 3 is 2.74 bits per heavy atom. The van der Waals surface area contributed by atoms with Gasteiger partial charge in [-0.25, -0.2) is 4.98 Å². The average Bonchev–Trinajstić information content (AvgIpc) is 2.91. The van der Waals surface area contributed by atoms with Crippen molar-refractivity contribution in [2.75, 3.05) is 5.32 Å². The van der Waals surface area contributed by atoms with Crippen LogP contribution in [0.25, 0.3) is 16.9 Å². The van der Waals surface area contributed by atoms with Crippen LogP contribution in [0.5, 0.6) is 0 Å². The van der Waals surface area contributed by atoms with Crippen LogP contribution in [0.1, 0.15) is 13.8 Å². The zero-order valence-corrected chi connectivity index (χ0v) is 14.2. The summed E-state index contributed by atoms with van der Waals surface area (Å²) in [6.45, 7) is 3.71. The highest BCUT2D eigenvalue weighted by molar-refractivity contribution is 6.36. The van der Waals surface area contributed by atoms with Gasteiger partial charge in [0.2, 0.25) is 5.91 Å². The maximum atomic E-state index is 11.8. The summed E-state index contributed by atoms with van der Waals surface area (Å²) in [7, 11) is 0. The third-order valence-corrected chi connectivity index (χ3v) is 3.91. The SMILES string of the molecule is CC(C)C(=O)Nc1cccc(-c2cn3cc(Cl)cc(Cl)c3n2)c1. The number of hydrogen-bond donors (Lipinski definition) is 1. The normalized spacial score (nSPS) is 11.2. The summed E-state index contributed by atoms with van der Waals surface area (Å²) in [6, 6.07) is 9.21. The lowest BCUT2D eigenvalue weighted by Crippen LogP contribution is -2.17. The van der Waals surface area contributed by atoms with E-state index in [0.29, 0.717) is 15.7 Å². The van der Waals surface area contributed by atoms with E-state index in [1.54, 1.807) is 16.7 Å². The van der Waals surface area contributed by atoms with E-state index in [0.717, 1.165) is 16.9 Å². The molecule has 1 N–H and O–H groups in total. The Morgan fingerprint density at radius 1 is 1.22 bits per heavy atom. The molecule has 0 saturated heterocycles. The van der Waals surface area contributed by atoms with Gasteiger partial charge in [-0.3, -0.25) is 4.79 Å². The van der Waals surface area contributed by atoms with Gasteiger partial charge in [-0.2, -0.15) is 0 Å². The Morgan fingerprint density at radius 2 is 2.00 bits per heavy atom. The van der Waals surface area contributed by atoms with Gasteiger partial charge in [0.25, 0.3) is 0 Å². The third-order valence-electron chi connectivity index (χ3n) is 3.42. The van der Waals surface area contributed by atoms with Crippen molar-refractivity contribution in [2.45, 2.75) is 13.8 Å². The summed E-state index contributed by atoms with van der Waals surface area (Å²) in [5, 5.41) is 3.92. The third kappa shape index (κ3) is 3.33. The molecule has 1 amide bonds. The lowest BCUT2D eigenvalue weighted by Gasteiger charge is -2.08. The van der Waals surface area contributed by atoms with E-state index in [-0.39, 0.29) is 11.8 Å². The maximum Gasteiger partial charge on any atom is 0.226 e. The van der Waals surface area contributed by atoms with Crippen LogP contribution in [-0.4, -0.2) is 15.3 Å². The largest absolute Gasteiger partial charge is 0.326 e. The summed E-state index contributed by atoms with van der Waals surface area (Å²) < 4.78 is 1.79. The molecule has 0 fully saturated rings. The molecule has 3 aromatic rings. The number of imidazole rings is 1. The summed E-state index contributed by atoms with van der Waals surface area (Å²) in [5.74, 6) is -0.0956. The Balaban J connectivity index is 1.99. The lowest BCUT2D eigenvalue weighted by molar-refractivity contribution is -0.118. The van der Waals surface area contributed by atoms with Gasteiger partial charge >= 0.3 is 0 Å². The van der Waals surface area contributed by atoms with E-state index in [1.807, 2.05) is 44.3 Å². The molecule has 0 bridgehead atoms. The molecule has 4 nitrogen and oxygen atoms in total. The molecule has 2 heterocycles. The van der Waals surface area contributed by atoms with Crippen LogP contribution in [0.2, 0.25) is 10.0 Å². The molecule has 0 spiro atoms. The molecule has 2 aromatic heterocycles. The number of nitrogens with one attached hydrogen (secondary N) is 1. The van der Waals surface area contributed by atoms with Crippen molar-refractivity contribution in [2.24, 2.45) is 5.92 Å². The number of halogens is 2. The van der Waals surface area contributed by atoms with Gasteiger partial charge in [0.15, 0.2) is 5.65 Å². The van der Waals surface area contributed by atoms with E-state index < -0.39 is 0 Å². The lowest BCUT2D eigenvalue weighted by atomic mass is 10.1. The van der Waals surface area contributed by atoms with Gasteiger partial charge in [0.05, 0.1) is 15.7 Å². The first-order chi connectivity index (χ1) is 10.9. The zero-order valence-electron chi connectivity index (χ0n) is 12.7. The summed E-state index contributed by atoms with van der Waals surface area (Å²) in [6.07, 6.45) is 3.61. The van der Waals surface area contributed by atoms with Crippen LogP contribution in [0.15, 0.2) is 42.7 Å². The van der Waals surface area contributed by atoms with Crippen LogP contribution >= 0.6 is 23.2 Å². The van der Waals surface area contributed by atoms with Crippen molar-refractivity contribution in [1.29, 1.82) is 0 Å². The van der Waals surface area contributed by atoms with Gasteiger partial charge in [0, 0.05) is 29.6 Å². The van der Waals surface area contributed by atoms with Crippen molar-refractivity contribution >= 4 is 40.4 Å². The molecule has 0 saturated carbocycles. The first kappa shape index (κ1) is 15.8. The maximum absolute atomic E-state index is 11.8. The fraction of sp³-hybridized carbons (Fsp3) is 0.176. The molecule has 0 aliphatic carbocycles. The number of hydrogen-bond acceptors (Lipinski definition) is 2. The number of anilines is 1. The highest BCUT2D eigenvalue weighted by atomic mass is 35.5. The minimum atomic E-state index is -0.0743. The van der Waals surface area contributed by atoms with Crippen molar-refractivity contribution < 1.29 is 4.79 Å². The highest BCUT2D eigenvalue weighted by Gasteiger charge is 2.11. The van der Waals surface area contributed by atoms with Crippen molar-refractivity contribution in [1.82, 2.24) is 9.38 Å². The van der Waals surface area contributed by atoms with Crippen LogP contribution < -0.4 is 5.32 Å². The van der Waals surface area contributed by atoms with Crippen LogP contribution in [0, 0.1) is 5.92 Å². The van der Waals surface area contributed by atoms with E-state index in [4.69, 9.17) is 23.2 Å². The standard InChI is InChI=1S/C17H15Cl2N3O/c1-10(2)17(23)20-13-5-3-4-11(6-13)15-9-22-8-12(18)7-14(19)16(22)21-15/h3-10H,1-2H3,(H,20,23). The molecule has 23 heavy (non-hydrogen) atoms. The molecule has 0 radical (unpaired) electrons. The first-order valence-corrected chi connectivity index (χ1v) is 7.94. The average molecular weight is 348 g/mol. The molecule has 118 valence electrons. The first-order valence-electron chi connectivity index (χ1n) is 7.19. The summed E-state index contributed by atoms with van der Waals surface area (Å²) in [4.78, 5) is 16.4. The smallest absolute Gasteiger partial charge is 0.226 e. The molecule has 0 unspecified atom stereocenters. The quantitative estimate of drug-likeness (QED) is 0.732. The topological polar surface area (TPSA) is 46.4 Å². The van der Waals surface area contributed by atoms with Crippen molar-refractivity contribution in [3.63, 3.8) is 0 Å². The number of benzene rings is 1. The number of carbonyl (C=O) groups excluding carboxylic acids is 1. The van der Waals surface area contributed by atoms with E-state index in [9.17, 15) is 4.79 Å². The fourth-order valence-electron chi connectivity index (χ4n) is 2.21. The molecule has 1 aromatic carbocycles. The van der Waals surface area contributed by atoms with E-state index in [2.05, 4.69) is 10.3 Å². The number of amides is 1. The minimum Gasteiger partial charge on any atom is -0.326 e. The van der Waals surface area contributed by atoms with E-state index in [1.165, 1.54) is 0 Å². The van der Waals surface area contributed by atoms with Crippen LogP contribution in [-0.2, 0) is 4.79 Å². The zero-order chi connectivity index (χ0) is 16.6. The minimum absolute atomic E-state index is 0.0213. The van der Waals surface area contributed by atoms with Gasteiger partial charge in [-0.05, 0) is 18.2 Å². The Bertz CT molecular complexity index is 887. The Hall–Kier alpha value is -2.04. The second-order valence-corrected chi connectivity index (χ2v) is 6.43. The fourth-order valence-corrected chi connectivity index (χ4v) is 2.73. The predicted octanol–water partition coefficient (Wildman–Crippen LogP) is 4.90. The van der Waals surface area contributed by atoms with Crippen molar-refractivity contribution in [3.8, 4) is 11.3 Å². The van der Waals surface area contributed by atoms with E-state index >= 15 is 0 Å². The molecule has 0 atom stereocenters. The molecule has 0 aliphatic rings. The molecule has 3 rings (SSSR count). The number of carbonyl (C=O) groups is 1. The van der Waals surface area contributed by atoms with Gasteiger partial charge < -0.3 is 9.72 Å². The van der Waals surface area contributed by atoms with Gasteiger partial charge in [-0.15, -0.1) is 0 Å². The van der Waals surface area contributed by atoms with Gasteiger partial charge in [-0.1, -0.05) is 49.2 Å². The predicted molar refractivity (Wildman–Crippen MR) is 94.1 cm³/mol. The van der Waals surface area contributed by atoms with Gasteiger partial charge in [0.1, 0.15) is 0 Å². The number of aromatic nitrogens is 2. The Labute approximate surface area is 144 Å². The highest BCUT2D eigenvalue weighted by Crippen LogP contribution is 2.27. The summed E-state index contributed by atoms with van der Waals surface area (Å²) in [5.41, 5.74) is 3.03. The Kier molecular flexibility index (Phi) is 4.28. The van der Waals surface area contributed by atoms with Crippen LogP contribution in [0.3, 0.4) is 0 Å². The molecular formula is C17H15Cl2N3O. The monoisotopic (exact) mass is 347 g/mol. The second-order valence-electron chi connectivity index (χ2n) is 5.59. The number of pyridine rings is 1. The summed E-state index contributed by atoms with van der Waals surface area (Å²) >= 11 is 12.2. The molecule has 6 heteroatoms. The number of rotatable bonds is 3. The number of nitrogens with zero attached hydrogens (tertiary/aromatic N) is 2. The van der Waals surface area contributed by atoms with Crippen molar-refractivity contribution in [3.05, 3.63) is 52.8 Å². The van der Waals surface area contributed by atoms with Crippen LogP contribution in [0.4, 0.5) is 5.69 Å². The molecule has 0 aliphatic heterocycles. The number of fused-ring (bicyclic) bond motifs is 1. The molecular weight excluding hydrogens is 333 g/mol. The second kappa shape index (κ2) is 6.22.